The third kappa shape index (κ3) is 4.46. The van der Waals surface area contributed by atoms with Crippen LogP contribution in [0.2, 0.25) is 0 Å². The number of hydrogen-bond acceptors (Lipinski definition) is 4. The van der Waals surface area contributed by atoms with E-state index in [1.165, 1.54) is 63.5 Å². The van der Waals surface area contributed by atoms with E-state index in [4.69, 9.17) is 4.52 Å². The Morgan fingerprint density at radius 2 is 1.62 bits per heavy atom. The van der Waals surface area contributed by atoms with E-state index < -0.39 is 0 Å². The molecule has 210 valence electrons. The minimum atomic E-state index is -0.278. The van der Waals surface area contributed by atoms with Gasteiger partial charge in [-0.15, -0.1) is 0 Å². The molecule has 6 heteroatoms. The molecule has 4 aliphatic carbocycles. The minimum absolute atomic E-state index is 0.278. The number of aromatic hydroxyl groups is 2. The van der Waals surface area contributed by atoms with Gasteiger partial charge in [0.25, 0.3) is 0 Å². The first-order valence-electron chi connectivity index (χ1n) is 15.7. The fourth-order valence-corrected chi connectivity index (χ4v) is 9.25. The molecule has 0 radical (unpaired) electrons. The van der Waals surface area contributed by atoms with Gasteiger partial charge in [-0.2, -0.15) is 0 Å². The largest absolute Gasteiger partial charge is 0.494 e. The maximum atomic E-state index is 13.6. The molecule has 3 saturated carbocycles. The Bertz CT molecular complexity index is 1310. The van der Waals surface area contributed by atoms with Crippen LogP contribution in [0.5, 0.6) is 11.8 Å². The number of benzene rings is 1. The van der Waals surface area contributed by atoms with Crippen LogP contribution in [0.1, 0.15) is 125 Å². The summed E-state index contributed by atoms with van der Waals surface area (Å²) in [5, 5.41) is 27.6. The van der Waals surface area contributed by atoms with Crippen LogP contribution in [-0.2, 0) is 6.54 Å². The van der Waals surface area contributed by atoms with Gasteiger partial charge in [-0.25, -0.2) is 4.39 Å². The first kappa shape index (κ1) is 25.5. The summed E-state index contributed by atoms with van der Waals surface area (Å²) in [7, 11) is 0. The van der Waals surface area contributed by atoms with E-state index >= 15 is 0 Å². The number of fused-ring (bicyclic) bond motifs is 6. The second kappa shape index (κ2) is 10.2. The van der Waals surface area contributed by atoms with Gasteiger partial charge in [0.2, 0.25) is 0 Å². The zero-order valence-corrected chi connectivity index (χ0v) is 23.2. The van der Waals surface area contributed by atoms with Crippen molar-refractivity contribution in [3.05, 3.63) is 40.8 Å². The maximum absolute atomic E-state index is 13.6. The highest BCUT2D eigenvalue weighted by molar-refractivity contribution is 5.79. The molecule has 4 aliphatic rings. The van der Waals surface area contributed by atoms with E-state index in [1.807, 2.05) is 10.6 Å². The van der Waals surface area contributed by atoms with Gasteiger partial charge < -0.3 is 14.7 Å². The summed E-state index contributed by atoms with van der Waals surface area (Å²) < 4.78 is 21.0. The lowest BCUT2D eigenvalue weighted by Crippen LogP contribution is -2.27. The van der Waals surface area contributed by atoms with Crippen LogP contribution >= 0.6 is 0 Å². The molecule has 7 atom stereocenters. The number of halogens is 1. The lowest BCUT2D eigenvalue weighted by molar-refractivity contribution is 0.148. The van der Waals surface area contributed by atoms with Gasteiger partial charge in [-0.1, -0.05) is 44.2 Å². The summed E-state index contributed by atoms with van der Waals surface area (Å²) >= 11 is 0. The predicted molar refractivity (Wildman–Crippen MR) is 150 cm³/mol. The summed E-state index contributed by atoms with van der Waals surface area (Å²) in [5.41, 5.74) is 3.71. The molecule has 2 N–H and O–H groups in total. The highest BCUT2D eigenvalue weighted by Crippen LogP contribution is 2.60. The minimum Gasteiger partial charge on any atom is -0.494 e. The van der Waals surface area contributed by atoms with Crippen molar-refractivity contribution in [1.82, 2.24) is 9.72 Å². The molecule has 3 aromatic rings. The molecule has 7 unspecified atom stereocenters. The fourth-order valence-electron chi connectivity index (χ4n) is 9.25. The van der Waals surface area contributed by atoms with E-state index in [0.29, 0.717) is 58.8 Å². The monoisotopic (exact) mass is 534 g/mol. The van der Waals surface area contributed by atoms with Crippen molar-refractivity contribution in [2.45, 2.75) is 115 Å². The first-order chi connectivity index (χ1) is 19.0. The number of nitrogens with zero attached hydrogens (tertiary/aromatic N) is 2. The fraction of sp³-hybridized carbons (Fsp3) is 0.667. The number of rotatable bonds is 6. The summed E-state index contributed by atoms with van der Waals surface area (Å²) in [6.07, 6.45) is 15.6. The Balaban J connectivity index is 1.01. The van der Waals surface area contributed by atoms with Gasteiger partial charge in [0, 0.05) is 35.0 Å². The Morgan fingerprint density at radius 1 is 0.897 bits per heavy atom. The predicted octanol–water partition coefficient (Wildman–Crippen LogP) is 8.74. The van der Waals surface area contributed by atoms with Gasteiger partial charge in [0.1, 0.15) is 5.82 Å². The molecule has 0 amide bonds. The summed E-state index contributed by atoms with van der Waals surface area (Å²) in [6, 6.07) is 4.78. The molecule has 0 spiro atoms. The van der Waals surface area contributed by atoms with Gasteiger partial charge in [0.15, 0.2) is 17.3 Å². The van der Waals surface area contributed by atoms with Crippen LogP contribution in [0.15, 0.2) is 22.7 Å². The van der Waals surface area contributed by atoms with Crippen LogP contribution in [0, 0.1) is 29.5 Å². The van der Waals surface area contributed by atoms with E-state index in [2.05, 4.69) is 12.1 Å². The van der Waals surface area contributed by atoms with Crippen molar-refractivity contribution in [3.8, 4) is 11.8 Å². The Hall–Kier alpha value is -2.50. The summed E-state index contributed by atoms with van der Waals surface area (Å²) in [6.45, 7) is 3.22. The zero-order valence-electron chi connectivity index (χ0n) is 23.2. The molecule has 5 nitrogen and oxygen atoms in total. The molecule has 0 saturated heterocycles. The van der Waals surface area contributed by atoms with Crippen LogP contribution in [-0.4, -0.2) is 19.9 Å². The number of aromatic nitrogens is 2. The molecular weight excluding hydrogens is 491 g/mol. The second-order valence-corrected chi connectivity index (χ2v) is 13.5. The molecule has 2 heterocycles. The number of hydrogen-bond donors (Lipinski definition) is 2. The second-order valence-electron chi connectivity index (χ2n) is 13.5. The van der Waals surface area contributed by atoms with Crippen LogP contribution in [0.25, 0.3) is 11.0 Å². The topological polar surface area (TPSA) is 71.4 Å². The van der Waals surface area contributed by atoms with Crippen molar-refractivity contribution < 1.29 is 19.1 Å². The average Bonchev–Trinajstić information content (AvgIpc) is 3.67. The molecule has 3 fully saturated rings. The quantitative estimate of drug-likeness (QED) is 0.310. The van der Waals surface area contributed by atoms with Gasteiger partial charge in [0.05, 0.1) is 5.69 Å². The zero-order chi connectivity index (χ0) is 26.7. The van der Waals surface area contributed by atoms with Crippen LogP contribution in [0.3, 0.4) is 0 Å². The SMILES string of the molecule is CC(CC1CCCCC1Cn1c(O)c2c(c1O)C1CCC2C1)C1CCCC(c2noc3cc(F)ccc23)CC1. The van der Waals surface area contributed by atoms with Crippen LogP contribution < -0.4 is 0 Å². The maximum Gasteiger partial charge on any atom is 0.197 e. The lowest BCUT2D eigenvalue weighted by atomic mass is 9.72. The molecule has 7 rings (SSSR count). The standard InChI is InChI=1S/C33H43FN2O3/c1-19(20-7-4-8-21(10-9-20)31-27-14-13-26(34)17-28(27)39-35-31)15-22-5-2-3-6-25(22)18-36-32(37)29-23-11-12-24(16-23)30(29)33(36)38/h13-14,17,19-25,37-38H,2-12,15-16,18H2,1H3. The van der Waals surface area contributed by atoms with Gasteiger partial charge >= 0.3 is 0 Å². The van der Waals surface area contributed by atoms with Crippen molar-refractivity contribution in [2.24, 2.45) is 23.7 Å². The van der Waals surface area contributed by atoms with Crippen molar-refractivity contribution >= 4 is 11.0 Å². The molecule has 1 aromatic carbocycles. The van der Waals surface area contributed by atoms with Crippen molar-refractivity contribution in [1.29, 1.82) is 0 Å². The Morgan fingerprint density at radius 3 is 2.38 bits per heavy atom. The smallest absolute Gasteiger partial charge is 0.197 e. The van der Waals surface area contributed by atoms with E-state index in [1.54, 1.807) is 0 Å². The van der Waals surface area contributed by atoms with E-state index in [9.17, 15) is 14.6 Å². The third-order valence-corrected chi connectivity index (χ3v) is 11.4. The van der Waals surface area contributed by atoms with Gasteiger partial charge in [-0.05, 0) is 99.0 Å². The van der Waals surface area contributed by atoms with Crippen LogP contribution in [0.4, 0.5) is 4.39 Å². The first-order valence-corrected chi connectivity index (χ1v) is 15.7. The molecule has 0 aliphatic heterocycles. The average molecular weight is 535 g/mol. The van der Waals surface area contributed by atoms with Crippen molar-refractivity contribution in [2.75, 3.05) is 0 Å². The highest BCUT2D eigenvalue weighted by atomic mass is 19.1. The molecule has 2 aromatic heterocycles. The molecular formula is C33H43FN2O3. The summed E-state index contributed by atoms with van der Waals surface area (Å²) in [5.74, 6) is 4.27. The highest BCUT2D eigenvalue weighted by Gasteiger charge is 2.44. The lowest BCUT2D eigenvalue weighted by Gasteiger charge is -2.36. The third-order valence-electron chi connectivity index (χ3n) is 11.4. The Kier molecular flexibility index (Phi) is 6.63. The normalized spacial score (nSPS) is 31.4. The Labute approximate surface area is 230 Å². The van der Waals surface area contributed by atoms with Gasteiger partial charge in [-0.3, -0.25) is 4.57 Å². The molecule has 39 heavy (non-hydrogen) atoms. The molecule has 2 bridgehead atoms. The van der Waals surface area contributed by atoms with Crippen molar-refractivity contribution in [3.63, 3.8) is 0 Å². The van der Waals surface area contributed by atoms with E-state index in [0.717, 1.165) is 60.9 Å². The summed E-state index contributed by atoms with van der Waals surface area (Å²) in [4.78, 5) is 0. The van der Waals surface area contributed by atoms with E-state index in [-0.39, 0.29) is 5.82 Å².